The van der Waals surface area contributed by atoms with E-state index in [9.17, 15) is 18.0 Å². The summed E-state index contributed by atoms with van der Waals surface area (Å²) in [5.74, 6) is -0.488. The maximum Gasteiger partial charge on any atom is 0.243 e. The van der Waals surface area contributed by atoms with Crippen LogP contribution in [0, 0.1) is 5.92 Å². The monoisotopic (exact) mass is 445 g/mol. The van der Waals surface area contributed by atoms with Gasteiger partial charge in [0.15, 0.2) is 0 Å². The third-order valence-electron chi connectivity index (χ3n) is 5.13. The van der Waals surface area contributed by atoms with Crippen LogP contribution in [0.4, 0.5) is 5.69 Å². The molecule has 2 aromatic rings. The first-order valence-corrected chi connectivity index (χ1v) is 11.6. The fourth-order valence-electron chi connectivity index (χ4n) is 3.55. The fraction of sp³-hybridized carbons (Fsp3) is 0.364. The molecule has 1 saturated heterocycles. The zero-order chi connectivity index (χ0) is 22.4. The highest BCUT2D eigenvalue weighted by molar-refractivity contribution is 7.89. The number of rotatable bonds is 8. The van der Waals surface area contributed by atoms with E-state index in [-0.39, 0.29) is 23.8 Å². The predicted octanol–water partition coefficient (Wildman–Crippen LogP) is 2.15. The largest absolute Gasteiger partial charge is 0.494 e. The number of amides is 2. The Kier molecular flexibility index (Phi) is 7.29. The third-order valence-corrected chi connectivity index (χ3v) is 7.01. The Morgan fingerprint density at radius 2 is 1.81 bits per heavy atom. The molecule has 166 valence electrons. The summed E-state index contributed by atoms with van der Waals surface area (Å²) in [5, 5.41) is 2.83. The summed E-state index contributed by atoms with van der Waals surface area (Å²) in [6.07, 6.45) is 1.35. The van der Waals surface area contributed by atoms with Gasteiger partial charge in [0.2, 0.25) is 21.8 Å². The lowest BCUT2D eigenvalue weighted by atomic mass is 9.98. The number of primary amides is 1. The van der Waals surface area contributed by atoms with E-state index in [1.807, 2.05) is 6.92 Å². The number of benzene rings is 2. The Labute approximate surface area is 182 Å². The first kappa shape index (κ1) is 22.8. The van der Waals surface area contributed by atoms with Gasteiger partial charge in [-0.15, -0.1) is 0 Å². The molecule has 1 aliphatic heterocycles. The van der Waals surface area contributed by atoms with Gasteiger partial charge in [0.1, 0.15) is 5.75 Å². The number of carbonyl (C=O) groups excluding carboxylic acids is 2. The van der Waals surface area contributed by atoms with Gasteiger partial charge in [-0.3, -0.25) is 9.59 Å². The van der Waals surface area contributed by atoms with Crippen molar-refractivity contribution in [2.45, 2.75) is 31.1 Å². The van der Waals surface area contributed by atoms with Crippen LogP contribution in [0.15, 0.2) is 53.4 Å². The summed E-state index contributed by atoms with van der Waals surface area (Å²) in [5.41, 5.74) is 6.53. The number of carbonyl (C=O) groups is 2. The lowest BCUT2D eigenvalue weighted by Gasteiger charge is -2.31. The smallest absolute Gasteiger partial charge is 0.243 e. The van der Waals surface area contributed by atoms with Crippen LogP contribution in [-0.4, -0.2) is 44.2 Å². The molecule has 2 amide bonds. The van der Waals surface area contributed by atoms with Crippen LogP contribution in [0.2, 0.25) is 0 Å². The van der Waals surface area contributed by atoms with Gasteiger partial charge in [-0.2, -0.15) is 4.31 Å². The average Bonchev–Trinajstić information content (AvgIpc) is 2.75. The Hall–Kier alpha value is -2.91. The minimum atomic E-state index is -3.70. The van der Waals surface area contributed by atoms with Crippen molar-refractivity contribution in [3.05, 3.63) is 54.1 Å². The van der Waals surface area contributed by atoms with E-state index in [2.05, 4.69) is 5.32 Å². The van der Waals surface area contributed by atoms with Crippen LogP contribution in [0.5, 0.6) is 5.75 Å². The van der Waals surface area contributed by atoms with Gasteiger partial charge < -0.3 is 15.8 Å². The molecule has 1 heterocycles. The van der Waals surface area contributed by atoms with Crippen molar-refractivity contribution in [2.24, 2.45) is 11.7 Å². The van der Waals surface area contributed by atoms with Crippen molar-refractivity contribution < 1.29 is 22.7 Å². The van der Waals surface area contributed by atoms with Gasteiger partial charge in [-0.1, -0.05) is 12.1 Å². The number of hydrogen-bond acceptors (Lipinski definition) is 5. The molecule has 0 unspecified atom stereocenters. The number of sulfonamides is 1. The molecule has 2 aromatic carbocycles. The second kappa shape index (κ2) is 9.93. The van der Waals surface area contributed by atoms with Crippen LogP contribution in [0.25, 0.3) is 0 Å². The molecule has 1 aliphatic rings. The Balaban J connectivity index is 1.65. The number of nitrogens with two attached hydrogens (primary N) is 1. The maximum atomic E-state index is 13.0. The Bertz CT molecular complexity index is 1020. The van der Waals surface area contributed by atoms with Crippen molar-refractivity contribution in [2.75, 3.05) is 25.0 Å². The molecule has 0 aliphatic carbocycles. The fourth-order valence-corrected chi connectivity index (χ4v) is 5.07. The Morgan fingerprint density at radius 1 is 1.13 bits per heavy atom. The summed E-state index contributed by atoms with van der Waals surface area (Å²) in [7, 11) is -3.70. The molecule has 9 heteroatoms. The zero-order valence-electron chi connectivity index (χ0n) is 17.4. The molecule has 1 fully saturated rings. The van der Waals surface area contributed by atoms with Gasteiger partial charge in [-0.25, -0.2) is 8.42 Å². The molecular formula is C22H27N3O5S. The van der Waals surface area contributed by atoms with Gasteiger partial charge in [0, 0.05) is 18.8 Å². The van der Waals surface area contributed by atoms with Crippen molar-refractivity contribution in [1.82, 2.24) is 4.31 Å². The molecule has 0 saturated carbocycles. The quantitative estimate of drug-likeness (QED) is 0.645. The average molecular weight is 446 g/mol. The molecule has 31 heavy (non-hydrogen) atoms. The number of nitrogens with zero attached hydrogens (tertiary/aromatic N) is 1. The number of hydrogen-bond donors (Lipinski definition) is 2. The summed E-state index contributed by atoms with van der Waals surface area (Å²) in [4.78, 5) is 23.9. The molecule has 3 rings (SSSR count). The van der Waals surface area contributed by atoms with Crippen molar-refractivity contribution in [3.63, 3.8) is 0 Å². The van der Waals surface area contributed by atoms with Gasteiger partial charge >= 0.3 is 0 Å². The summed E-state index contributed by atoms with van der Waals surface area (Å²) in [6.45, 7) is 2.87. The van der Waals surface area contributed by atoms with Crippen LogP contribution >= 0.6 is 0 Å². The molecule has 1 atom stereocenters. The highest BCUT2D eigenvalue weighted by Crippen LogP contribution is 2.26. The summed E-state index contributed by atoms with van der Waals surface area (Å²) >= 11 is 0. The van der Waals surface area contributed by atoms with E-state index < -0.39 is 21.8 Å². The molecule has 0 radical (unpaired) electrons. The highest BCUT2D eigenvalue weighted by atomic mass is 32.2. The minimum absolute atomic E-state index is 0.126. The van der Waals surface area contributed by atoms with Crippen LogP contribution < -0.4 is 15.8 Å². The van der Waals surface area contributed by atoms with Crippen LogP contribution in [0.1, 0.15) is 25.3 Å². The van der Waals surface area contributed by atoms with Crippen molar-refractivity contribution in [1.29, 1.82) is 0 Å². The predicted molar refractivity (Wildman–Crippen MR) is 117 cm³/mol. The van der Waals surface area contributed by atoms with Crippen molar-refractivity contribution in [3.8, 4) is 5.75 Å². The third kappa shape index (κ3) is 5.83. The topological polar surface area (TPSA) is 119 Å². The van der Waals surface area contributed by atoms with Crippen LogP contribution in [-0.2, 0) is 26.0 Å². The second-order valence-electron chi connectivity index (χ2n) is 7.44. The second-order valence-corrected chi connectivity index (χ2v) is 9.37. The molecule has 8 nitrogen and oxygen atoms in total. The van der Waals surface area contributed by atoms with E-state index in [1.54, 1.807) is 36.4 Å². The minimum Gasteiger partial charge on any atom is -0.494 e. The summed E-state index contributed by atoms with van der Waals surface area (Å²) < 4.78 is 32.8. The molecule has 3 N–H and O–H groups in total. The van der Waals surface area contributed by atoms with Crippen LogP contribution in [0.3, 0.4) is 0 Å². The number of ether oxygens (including phenoxy) is 1. The van der Waals surface area contributed by atoms with Crippen molar-refractivity contribution >= 4 is 27.5 Å². The molecule has 0 aromatic heterocycles. The van der Waals surface area contributed by atoms with Gasteiger partial charge in [0.25, 0.3) is 0 Å². The normalized spacial score (nSPS) is 17.1. The maximum absolute atomic E-state index is 13.0. The van der Waals surface area contributed by atoms with E-state index in [1.165, 1.54) is 16.4 Å². The van der Waals surface area contributed by atoms with E-state index in [0.717, 1.165) is 5.56 Å². The van der Waals surface area contributed by atoms with E-state index in [0.29, 0.717) is 37.4 Å². The number of nitrogens with one attached hydrogen (secondary N) is 1. The first-order valence-electron chi connectivity index (χ1n) is 10.2. The van der Waals surface area contributed by atoms with Gasteiger partial charge in [0.05, 0.1) is 23.8 Å². The molecule has 0 spiro atoms. The Morgan fingerprint density at radius 3 is 2.42 bits per heavy atom. The molecule has 0 bridgehead atoms. The highest BCUT2D eigenvalue weighted by Gasteiger charge is 2.33. The molecular weight excluding hydrogens is 418 g/mol. The standard InChI is InChI=1S/C22H27N3O5S/c1-2-30-19-9-11-20(12-10-19)31(28,29)25-13-3-4-17(15-25)22(27)24-18-7-5-16(6-8-18)14-21(23)26/h5-12,17H,2-4,13-15H2,1H3,(H2,23,26)(H,24,27)/t17-/m0/s1. The lowest BCUT2D eigenvalue weighted by Crippen LogP contribution is -2.43. The van der Waals surface area contributed by atoms with E-state index >= 15 is 0 Å². The summed E-state index contributed by atoms with van der Waals surface area (Å²) in [6, 6.07) is 13.2. The SMILES string of the molecule is CCOc1ccc(S(=O)(=O)N2CCC[C@H](C(=O)Nc3ccc(CC(N)=O)cc3)C2)cc1. The lowest BCUT2D eigenvalue weighted by molar-refractivity contribution is -0.121. The first-order chi connectivity index (χ1) is 14.8. The zero-order valence-corrected chi connectivity index (χ0v) is 18.2. The number of piperidine rings is 1. The van der Waals surface area contributed by atoms with Gasteiger partial charge in [-0.05, 0) is 61.7 Å². The number of anilines is 1. The van der Waals surface area contributed by atoms with E-state index in [4.69, 9.17) is 10.5 Å².